The molecule has 0 spiro atoms. The average Bonchev–Trinajstić information content (AvgIpc) is 3.66. The SMILES string of the molecule is CC1(C)c2ccccc2-c2ccc(N(c3ccc(-c4ccccc4)cc3)c3ccc4c(c3)C(C)(C)c3c-4oc4ccccc34)cc21. The van der Waals surface area contributed by atoms with Gasteiger partial charge in [0, 0.05) is 44.4 Å². The predicted molar refractivity (Wildman–Crippen MR) is 191 cm³/mol. The summed E-state index contributed by atoms with van der Waals surface area (Å²) in [5.41, 5.74) is 15.7. The van der Waals surface area contributed by atoms with Gasteiger partial charge in [-0.15, -0.1) is 0 Å². The van der Waals surface area contributed by atoms with Gasteiger partial charge in [0.15, 0.2) is 0 Å². The lowest BCUT2D eigenvalue weighted by molar-refractivity contribution is 0.619. The Morgan fingerprint density at radius 3 is 1.78 bits per heavy atom. The number of anilines is 3. The standard InChI is InChI=1S/C44H35NO/c1-43(2)37-16-10-8-14-33(37)34-24-22-31(26-38(34)43)45(30-20-18-29(19-21-30)28-12-6-5-7-13-28)32-23-25-35-39(27-32)44(3,4)41-36-15-9-11-17-40(36)46-42(35)41/h5-27H,1-4H3. The van der Waals surface area contributed by atoms with Gasteiger partial charge in [0.25, 0.3) is 0 Å². The number of para-hydroxylation sites is 1. The molecule has 0 atom stereocenters. The Bertz CT molecular complexity index is 2300. The van der Waals surface area contributed by atoms with Gasteiger partial charge in [0.2, 0.25) is 0 Å². The van der Waals surface area contributed by atoms with E-state index in [9.17, 15) is 0 Å². The lowest BCUT2D eigenvalue weighted by Gasteiger charge is -2.30. The van der Waals surface area contributed by atoms with Crippen molar-refractivity contribution in [3.8, 4) is 33.6 Å². The molecule has 0 bridgehead atoms. The van der Waals surface area contributed by atoms with Crippen LogP contribution >= 0.6 is 0 Å². The van der Waals surface area contributed by atoms with Gasteiger partial charge in [0.1, 0.15) is 11.3 Å². The van der Waals surface area contributed by atoms with E-state index in [0.29, 0.717) is 0 Å². The van der Waals surface area contributed by atoms with Crippen molar-refractivity contribution in [2.45, 2.75) is 38.5 Å². The van der Waals surface area contributed by atoms with E-state index in [4.69, 9.17) is 4.42 Å². The number of furan rings is 1. The van der Waals surface area contributed by atoms with E-state index >= 15 is 0 Å². The smallest absolute Gasteiger partial charge is 0.139 e. The summed E-state index contributed by atoms with van der Waals surface area (Å²) in [7, 11) is 0. The van der Waals surface area contributed by atoms with Crippen LogP contribution in [0.15, 0.2) is 144 Å². The molecular weight excluding hydrogens is 558 g/mol. The minimum absolute atomic E-state index is 0.0832. The van der Waals surface area contributed by atoms with Crippen LogP contribution in [-0.4, -0.2) is 0 Å². The van der Waals surface area contributed by atoms with Crippen molar-refractivity contribution in [1.82, 2.24) is 0 Å². The highest BCUT2D eigenvalue weighted by Crippen LogP contribution is 2.55. The van der Waals surface area contributed by atoms with Crippen LogP contribution in [0.3, 0.4) is 0 Å². The molecule has 0 fully saturated rings. The van der Waals surface area contributed by atoms with E-state index < -0.39 is 0 Å². The summed E-state index contributed by atoms with van der Waals surface area (Å²) in [5.74, 6) is 1.00. The Kier molecular flexibility index (Phi) is 5.63. The summed E-state index contributed by atoms with van der Waals surface area (Å²) >= 11 is 0. The molecule has 2 aliphatic rings. The fraction of sp³-hybridized carbons (Fsp3) is 0.136. The van der Waals surface area contributed by atoms with Crippen LogP contribution in [0.2, 0.25) is 0 Å². The molecule has 9 rings (SSSR count). The molecule has 2 nitrogen and oxygen atoms in total. The zero-order valence-corrected chi connectivity index (χ0v) is 26.6. The Morgan fingerprint density at radius 2 is 1.02 bits per heavy atom. The highest BCUT2D eigenvalue weighted by molar-refractivity contribution is 5.95. The van der Waals surface area contributed by atoms with Crippen molar-refractivity contribution in [3.63, 3.8) is 0 Å². The molecule has 0 radical (unpaired) electrons. The molecular formula is C44H35NO. The highest BCUT2D eigenvalue weighted by Gasteiger charge is 2.41. The fourth-order valence-electron chi connectivity index (χ4n) is 8.09. The normalized spacial score (nSPS) is 14.9. The lowest BCUT2D eigenvalue weighted by atomic mass is 9.81. The number of hydrogen-bond acceptors (Lipinski definition) is 2. The Labute approximate surface area is 270 Å². The lowest BCUT2D eigenvalue weighted by Crippen LogP contribution is -2.18. The van der Waals surface area contributed by atoms with E-state index in [1.807, 2.05) is 0 Å². The first-order valence-corrected chi connectivity index (χ1v) is 16.2. The maximum Gasteiger partial charge on any atom is 0.139 e. The average molecular weight is 594 g/mol. The van der Waals surface area contributed by atoms with Crippen LogP contribution in [0.25, 0.3) is 44.5 Å². The second kappa shape index (κ2) is 9.58. The molecule has 1 aromatic heterocycles. The van der Waals surface area contributed by atoms with Gasteiger partial charge in [-0.05, 0) is 87.5 Å². The molecule has 1 heterocycles. The molecule has 7 aromatic rings. The minimum atomic E-state index is -0.197. The Hall–Kier alpha value is -5.34. The molecule has 0 unspecified atom stereocenters. The summed E-state index contributed by atoms with van der Waals surface area (Å²) in [6, 6.07) is 50.8. The third-order valence-electron chi connectivity index (χ3n) is 10.5. The zero-order chi connectivity index (χ0) is 31.2. The van der Waals surface area contributed by atoms with Gasteiger partial charge in [-0.2, -0.15) is 0 Å². The van der Waals surface area contributed by atoms with Crippen molar-refractivity contribution in [1.29, 1.82) is 0 Å². The van der Waals surface area contributed by atoms with Crippen LogP contribution in [0.4, 0.5) is 17.1 Å². The number of hydrogen-bond donors (Lipinski definition) is 0. The fourth-order valence-corrected chi connectivity index (χ4v) is 8.09. The third-order valence-corrected chi connectivity index (χ3v) is 10.5. The van der Waals surface area contributed by atoms with Gasteiger partial charge in [-0.1, -0.05) is 119 Å². The van der Waals surface area contributed by atoms with Crippen molar-refractivity contribution in [2.75, 3.05) is 4.90 Å². The largest absolute Gasteiger partial charge is 0.456 e. The minimum Gasteiger partial charge on any atom is -0.456 e. The Morgan fingerprint density at radius 1 is 0.457 bits per heavy atom. The summed E-state index contributed by atoms with van der Waals surface area (Å²) in [6.07, 6.45) is 0. The first kappa shape index (κ1) is 27.0. The topological polar surface area (TPSA) is 16.4 Å². The van der Waals surface area contributed by atoms with Crippen molar-refractivity contribution >= 4 is 28.0 Å². The molecule has 6 aromatic carbocycles. The van der Waals surface area contributed by atoms with Crippen LogP contribution in [0.1, 0.15) is 49.9 Å². The van der Waals surface area contributed by atoms with Gasteiger partial charge in [-0.25, -0.2) is 0 Å². The number of rotatable bonds is 4. The first-order chi connectivity index (χ1) is 22.3. The van der Waals surface area contributed by atoms with Crippen molar-refractivity contribution in [2.24, 2.45) is 0 Å². The van der Waals surface area contributed by atoms with Crippen LogP contribution < -0.4 is 4.90 Å². The van der Waals surface area contributed by atoms with Gasteiger partial charge in [-0.3, -0.25) is 0 Å². The number of benzene rings is 6. The summed E-state index contributed by atoms with van der Waals surface area (Å²) < 4.78 is 6.49. The number of fused-ring (bicyclic) bond motifs is 8. The molecule has 0 N–H and O–H groups in total. The van der Waals surface area contributed by atoms with E-state index in [0.717, 1.165) is 28.4 Å². The molecule has 2 aliphatic carbocycles. The van der Waals surface area contributed by atoms with E-state index in [-0.39, 0.29) is 10.8 Å². The number of nitrogens with zero attached hydrogens (tertiary/aromatic N) is 1. The Balaban J connectivity index is 1.21. The second-order valence-corrected chi connectivity index (χ2v) is 13.8. The maximum absolute atomic E-state index is 6.49. The highest BCUT2D eigenvalue weighted by atomic mass is 16.3. The van der Waals surface area contributed by atoms with Crippen molar-refractivity contribution in [3.05, 3.63) is 162 Å². The van der Waals surface area contributed by atoms with Crippen LogP contribution in [0, 0.1) is 0 Å². The molecule has 2 heteroatoms. The zero-order valence-electron chi connectivity index (χ0n) is 26.6. The summed E-state index contributed by atoms with van der Waals surface area (Å²) in [4.78, 5) is 2.42. The quantitative estimate of drug-likeness (QED) is 0.202. The summed E-state index contributed by atoms with van der Waals surface area (Å²) in [5, 5.41) is 1.20. The van der Waals surface area contributed by atoms with Gasteiger partial charge in [0.05, 0.1) is 0 Å². The molecule has 222 valence electrons. The summed E-state index contributed by atoms with van der Waals surface area (Å²) in [6.45, 7) is 9.36. The van der Waals surface area contributed by atoms with Gasteiger partial charge < -0.3 is 9.32 Å². The van der Waals surface area contributed by atoms with E-state index in [1.54, 1.807) is 0 Å². The predicted octanol–water partition coefficient (Wildman–Crippen LogP) is 12.2. The van der Waals surface area contributed by atoms with Crippen LogP contribution in [-0.2, 0) is 10.8 Å². The van der Waals surface area contributed by atoms with E-state index in [1.165, 1.54) is 55.5 Å². The van der Waals surface area contributed by atoms with Crippen LogP contribution in [0.5, 0.6) is 0 Å². The van der Waals surface area contributed by atoms with Gasteiger partial charge >= 0.3 is 0 Å². The first-order valence-electron chi connectivity index (χ1n) is 16.2. The molecule has 0 saturated heterocycles. The van der Waals surface area contributed by atoms with E-state index in [2.05, 4.69) is 172 Å². The maximum atomic E-state index is 6.49. The van der Waals surface area contributed by atoms with Crippen molar-refractivity contribution < 1.29 is 4.42 Å². The third kappa shape index (κ3) is 3.77. The molecule has 46 heavy (non-hydrogen) atoms. The molecule has 0 saturated carbocycles. The molecule has 0 amide bonds. The molecule has 0 aliphatic heterocycles. The monoisotopic (exact) mass is 593 g/mol. The second-order valence-electron chi connectivity index (χ2n) is 13.8.